The summed E-state index contributed by atoms with van der Waals surface area (Å²) in [6.07, 6.45) is 2.17. The molecule has 4 nitrogen and oxygen atoms in total. The van der Waals surface area contributed by atoms with Gasteiger partial charge in [-0.05, 0) is 49.9 Å². The Morgan fingerprint density at radius 2 is 1.89 bits per heavy atom. The number of benzene rings is 1. The Hall–Kier alpha value is -1.07. The van der Waals surface area contributed by atoms with Crippen molar-refractivity contribution in [2.45, 2.75) is 31.3 Å². The average molecular weight is 328 g/mol. The van der Waals surface area contributed by atoms with Crippen LogP contribution in [0.4, 0.5) is 5.69 Å². The Labute approximate surface area is 121 Å². The van der Waals surface area contributed by atoms with Gasteiger partial charge in [0.15, 0.2) is 0 Å². The number of halogens is 1. The Kier molecular flexibility index (Phi) is 4.47. The number of aliphatic hydroxyl groups is 1. The van der Waals surface area contributed by atoms with Crippen molar-refractivity contribution in [3.63, 3.8) is 0 Å². The van der Waals surface area contributed by atoms with Crippen molar-refractivity contribution in [1.82, 2.24) is 0 Å². The fraction of sp³-hybridized carbons (Fsp3) is 0.500. The standard InChI is InChI=1S/C14H18BrNO3/c15-11-1-3-12(4-2-11)16-9-14(19)7-5-10(6-8-14)13(17)18/h1-4,10,16,19H,5-9H2,(H,17,18). The molecular weight excluding hydrogens is 310 g/mol. The van der Waals surface area contributed by atoms with Crippen LogP contribution in [0.2, 0.25) is 0 Å². The first-order chi connectivity index (χ1) is 8.98. The second-order valence-electron chi connectivity index (χ2n) is 5.20. The first-order valence-electron chi connectivity index (χ1n) is 6.43. The molecule has 1 aliphatic carbocycles. The van der Waals surface area contributed by atoms with Crippen LogP contribution >= 0.6 is 15.9 Å². The molecule has 0 aliphatic heterocycles. The Balaban J connectivity index is 1.86. The molecule has 3 N–H and O–H groups in total. The van der Waals surface area contributed by atoms with E-state index in [2.05, 4.69) is 21.2 Å². The van der Waals surface area contributed by atoms with Gasteiger partial charge in [0.2, 0.25) is 0 Å². The molecule has 0 spiro atoms. The van der Waals surface area contributed by atoms with Crippen LogP contribution in [0.1, 0.15) is 25.7 Å². The number of aliphatic carboxylic acids is 1. The number of hydrogen-bond acceptors (Lipinski definition) is 3. The maximum Gasteiger partial charge on any atom is 0.306 e. The van der Waals surface area contributed by atoms with Gasteiger partial charge in [-0.15, -0.1) is 0 Å². The molecule has 1 aliphatic rings. The Bertz CT molecular complexity index is 439. The molecule has 1 saturated carbocycles. The van der Waals surface area contributed by atoms with E-state index in [4.69, 9.17) is 5.11 Å². The minimum atomic E-state index is -0.793. The van der Waals surface area contributed by atoms with Crippen molar-refractivity contribution in [2.75, 3.05) is 11.9 Å². The average Bonchev–Trinajstić information content (AvgIpc) is 2.39. The van der Waals surface area contributed by atoms with Crippen molar-refractivity contribution in [3.05, 3.63) is 28.7 Å². The summed E-state index contributed by atoms with van der Waals surface area (Å²) in [6, 6.07) is 7.76. The second kappa shape index (κ2) is 5.92. The van der Waals surface area contributed by atoms with Gasteiger partial charge in [-0.25, -0.2) is 0 Å². The quantitative estimate of drug-likeness (QED) is 0.795. The summed E-state index contributed by atoms with van der Waals surface area (Å²) in [6.45, 7) is 0.459. The summed E-state index contributed by atoms with van der Waals surface area (Å²) in [5, 5.41) is 22.6. The molecule has 19 heavy (non-hydrogen) atoms. The molecule has 104 valence electrons. The number of carbonyl (C=O) groups is 1. The topological polar surface area (TPSA) is 69.6 Å². The molecule has 1 aromatic rings. The molecule has 0 radical (unpaired) electrons. The first kappa shape index (κ1) is 14.3. The van der Waals surface area contributed by atoms with Crippen LogP contribution < -0.4 is 5.32 Å². The van der Waals surface area contributed by atoms with Gasteiger partial charge in [0.05, 0.1) is 11.5 Å². The molecule has 0 aromatic heterocycles. The van der Waals surface area contributed by atoms with Gasteiger partial charge in [0, 0.05) is 16.7 Å². The summed E-state index contributed by atoms with van der Waals surface area (Å²) in [5.74, 6) is -1.05. The lowest BCUT2D eigenvalue weighted by Crippen LogP contribution is -2.41. The van der Waals surface area contributed by atoms with Crippen molar-refractivity contribution in [3.8, 4) is 0 Å². The fourth-order valence-electron chi connectivity index (χ4n) is 2.41. The zero-order chi connectivity index (χ0) is 13.9. The van der Waals surface area contributed by atoms with Crippen LogP contribution in [0.5, 0.6) is 0 Å². The number of carboxylic acids is 1. The lowest BCUT2D eigenvalue weighted by atomic mass is 9.79. The van der Waals surface area contributed by atoms with Gasteiger partial charge in [-0.1, -0.05) is 15.9 Å². The van der Waals surface area contributed by atoms with Crippen molar-refractivity contribution < 1.29 is 15.0 Å². The Morgan fingerprint density at radius 1 is 1.32 bits per heavy atom. The number of anilines is 1. The zero-order valence-electron chi connectivity index (χ0n) is 10.6. The van der Waals surface area contributed by atoms with Gasteiger partial charge in [0.25, 0.3) is 0 Å². The molecule has 2 rings (SSSR count). The van der Waals surface area contributed by atoms with Crippen molar-refractivity contribution in [1.29, 1.82) is 0 Å². The van der Waals surface area contributed by atoms with E-state index in [9.17, 15) is 9.90 Å². The van der Waals surface area contributed by atoms with E-state index in [1.165, 1.54) is 0 Å². The van der Waals surface area contributed by atoms with Crippen LogP contribution in [-0.4, -0.2) is 28.3 Å². The third-order valence-electron chi connectivity index (χ3n) is 3.73. The molecule has 0 amide bonds. The van der Waals surface area contributed by atoms with Gasteiger partial charge < -0.3 is 15.5 Å². The lowest BCUT2D eigenvalue weighted by Gasteiger charge is -2.35. The molecule has 0 heterocycles. The van der Waals surface area contributed by atoms with E-state index in [1.54, 1.807) is 0 Å². The molecule has 1 aromatic carbocycles. The highest BCUT2D eigenvalue weighted by molar-refractivity contribution is 9.10. The van der Waals surface area contributed by atoms with Gasteiger partial charge in [-0.2, -0.15) is 0 Å². The number of carboxylic acid groups (broad SMARTS) is 1. The Morgan fingerprint density at radius 3 is 2.42 bits per heavy atom. The van der Waals surface area contributed by atoms with E-state index in [-0.39, 0.29) is 5.92 Å². The minimum absolute atomic E-state index is 0.298. The summed E-state index contributed by atoms with van der Waals surface area (Å²) < 4.78 is 1.01. The maximum absolute atomic E-state index is 10.9. The van der Waals surface area contributed by atoms with Gasteiger partial charge >= 0.3 is 5.97 Å². The fourth-order valence-corrected chi connectivity index (χ4v) is 2.68. The summed E-state index contributed by atoms with van der Waals surface area (Å²) in [4.78, 5) is 10.9. The van der Waals surface area contributed by atoms with Gasteiger partial charge in [-0.3, -0.25) is 4.79 Å². The second-order valence-corrected chi connectivity index (χ2v) is 6.11. The zero-order valence-corrected chi connectivity index (χ0v) is 12.2. The molecule has 0 unspecified atom stereocenters. The third kappa shape index (κ3) is 3.94. The number of hydrogen-bond donors (Lipinski definition) is 3. The highest BCUT2D eigenvalue weighted by atomic mass is 79.9. The summed E-state index contributed by atoms with van der Waals surface area (Å²) in [7, 11) is 0. The van der Waals surface area contributed by atoms with E-state index < -0.39 is 11.6 Å². The largest absolute Gasteiger partial charge is 0.481 e. The van der Waals surface area contributed by atoms with E-state index >= 15 is 0 Å². The molecule has 0 bridgehead atoms. The predicted octanol–water partition coefficient (Wildman–Crippen LogP) is 2.87. The number of nitrogens with one attached hydrogen (secondary N) is 1. The summed E-state index contributed by atoms with van der Waals surface area (Å²) >= 11 is 3.37. The molecule has 0 saturated heterocycles. The monoisotopic (exact) mass is 327 g/mol. The summed E-state index contributed by atoms with van der Waals surface area (Å²) in [5.41, 5.74) is 0.163. The van der Waals surface area contributed by atoms with E-state index in [0.717, 1.165) is 10.2 Å². The maximum atomic E-state index is 10.9. The normalized spacial score (nSPS) is 26.9. The van der Waals surface area contributed by atoms with E-state index in [1.807, 2.05) is 24.3 Å². The number of rotatable bonds is 4. The SMILES string of the molecule is O=C(O)C1CCC(O)(CNc2ccc(Br)cc2)CC1. The minimum Gasteiger partial charge on any atom is -0.481 e. The highest BCUT2D eigenvalue weighted by Gasteiger charge is 2.35. The molecule has 5 heteroatoms. The van der Waals surface area contributed by atoms with Crippen LogP contribution in [0, 0.1) is 5.92 Å². The lowest BCUT2D eigenvalue weighted by molar-refractivity contribution is -0.144. The molecule has 1 fully saturated rings. The van der Waals surface area contributed by atoms with Crippen LogP contribution in [0.3, 0.4) is 0 Å². The first-order valence-corrected chi connectivity index (χ1v) is 7.22. The van der Waals surface area contributed by atoms with Crippen LogP contribution in [-0.2, 0) is 4.79 Å². The van der Waals surface area contributed by atoms with Crippen molar-refractivity contribution >= 4 is 27.6 Å². The van der Waals surface area contributed by atoms with Crippen LogP contribution in [0.15, 0.2) is 28.7 Å². The predicted molar refractivity (Wildman–Crippen MR) is 77.2 cm³/mol. The van der Waals surface area contributed by atoms with E-state index in [0.29, 0.717) is 32.2 Å². The molecular formula is C14H18BrNO3. The third-order valence-corrected chi connectivity index (χ3v) is 4.26. The van der Waals surface area contributed by atoms with Crippen molar-refractivity contribution in [2.24, 2.45) is 5.92 Å². The van der Waals surface area contributed by atoms with Gasteiger partial charge in [0.1, 0.15) is 0 Å². The molecule has 0 atom stereocenters. The highest BCUT2D eigenvalue weighted by Crippen LogP contribution is 2.32. The van der Waals surface area contributed by atoms with Crippen LogP contribution in [0.25, 0.3) is 0 Å². The smallest absolute Gasteiger partial charge is 0.306 e.